The van der Waals surface area contributed by atoms with Gasteiger partial charge in [0.2, 0.25) is 0 Å². The van der Waals surface area contributed by atoms with E-state index in [1.54, 1.807) is 30.3 Å². The molecule has 0 radical (unpaired) electrons. The average molecular weight is 366 g/mol. The zero-order valence-corrected chi connectivity index (χ0v) is 13.3. The zero-order valence-electron chi connectivity index (χ0n) is 11.7. The summed E-state index contributed by atoms with van der Waals surface area (Å²) in [5.41, 5.74) is 0.368. The Morgan fingerprint density at radius 1 is 1.14 bits per heavy atom. The van der Waals surface area contributed by atoms with Crippen molar-refractivity contribution in [1.82, 2.24) is 0 Å². The second kappa shape index (κ2) is 7.17. The van der Waals surface area contributed by atoms with E-state index in [0.717, 1.165) is 4.47 Å². The number of carbonyl (C=O) groups excluding carboxylic acids is 2. The van der Waals surface area contributed by atoms with Gasteiger partial charge in [-0.1, -0.05) is 28.1 Å². The van der Waals surface area contributed by atoms with Crippen LogP contribution in [0.5, 0.6) is 0 Å². The molecule has 2 rings (SSSR count). The van der Waals surface area contributed by atoms with Gasteiger partial charge in [0.15, 0.2) is 6.10 Å². The summed E-state index contributed by atoms with van der Waals surface area (Å²) in [6, 6.07) is 12.3. The predicted molar refractivity (Wildman–Crippen MR) is 84.0 cm³/mol. The zero-order chi connectivity index (χ0) is 16.1. The van der Waals surface area contributed by atoms with Gasteiger partial charge >= 0.3 is 5.97 Å². The number of amides is 1. The first kappa shape index (κ1) is 16.2. The average Bonchev–Trinajstić information content (AvgIpc) is 2.50. The summed E-state index contributed by atoms with van der Waals surface area (Å²) in [6.45, 7) is 1.42. The van der Waals surface area contributed by atoms with Gasteiger partial charge in [0, 0.05) is 4.47 Å². The van der Waals surface area contributed by atoms with Crippen molar-refractivity contribution >= 4 is 33.5 Å². The third-order valence-corrected chi connectivity index (χ3v) is 3.39. The smallest absolute Gasteiger partial charge is 0.338 e. The van der Waals surface area contributed by atoms with Crippen molar-refractivity contribution in [2.45, 2.75) is 13.0 Å². The van der Waals surface area contributed by atoms with Gasteiger partial charge in [0.05, 0.1) is 11.3 Å². The lowest BCUT2D eigenvalue weighted by Crippen LogP contribution is -2.30. The van der Waals surface area contributed by atoms with Crippen LogP contribution in [0, 0.1) is 5.82 Å². The van der Waals surface area contributed by atoms with Crippen molar-refractivity contribution in [2.75, 3.05) is 5.32 Å². The van der Waals surface area contributed by atoms with Crippen molar-refractivity contribution in [3.63, 3.8) is 0 Å². The summed E-state index contributed by atoms with van der Waals surface area (Å²) in [5.74, 6) is -1.78. The Hall–Kier alpha value is -2.21. The molecule has 2 aromatic carbocycles. The molecule has 0 spiro atoms. The van der Waals surface area contributed by atoms with Gasteiger partial charge in [-0.3, -0.25) is 4.79 Å². The minimum absolute atomic E-state index is 0.0408. The Morgan fingerprint density at radius 2 is 1.77 bits per heavy atom. The van der Waals surface area contributed by atoms with E-state index in [1.165, 1.54) is 25.1 Å². The molecular formula is C16H13BrFNO3. The van der Waals surface area contributed by atoms with E-state index >= 15 is 0 Å². The molecular weight excluding hydrogens is 353 g/mol. The lowest BCUT2D eigenvalue weighted by atomic mass is 10.2. The molecule has 0 unspecified atom stereocenters. The quantitative estimate of drug-likeness (QED) is 0.839. The SMILES string of the molecule is C[C@@H](OC(=O)c1ccc(Br)cc1)C(=O)Nc1ccccc1F. The number of halogens is 2. The van der Waals surface area contributed by atoms with Crippen LogP contribution in [0.25, 0.3) is 0 Å². The highest BCUT2D eigenvalue weighted by atomic mass is 79.9. The maximum absolute atomic E-state index is 13.5. The van der Waals surface area contributed by atoms with Crippen LogP contribution in [-0.2, 0) is 9.53 Å². The molecule has 1 N–H and O–H groups in total. The van der Waals surface area contributed by atoms with Gasteiger partial charge in [0.1, 0.15) is 5.82 Å². The monoisotopic (exact) mass is 365 g/mol. The van der Waals surface area contributed by atoms with Crippen LogP contribution in [0.15, 0.2) is 53.0 Å². The van der Waals surface area contributed by atoms with Crippen molar-refractivity contribution in [2.24, 2.45) is 0 Å². The predicted octanol–water partition coefficient (Wildman–Crippen LogP) is 3.77. The van der Waals surface area contributed by atoms with E-state index in [4.69, 9.17) is 4.74 Å². The molecule has 4 nitrogen and oxygen atoms in total. The molecule has 0 aliphatic rings. The van der Waals surface area contributed by atoms with E-state index in [0.29, 0.717) is 5.56 Å². The standard InChI is InChI=1S/C16H13BrFNO3/c1-10(15(20)19-14-5-3-2-4-13(14)18)22-16(21)11-6-8-12(17)9-7-11/h2-10H,1H3,(H,19,20)/t10-/m1/s1. The number of benzene rings is 2. The first-order valence-corrected chi connectivity index (χ1v) is 7.28. The van der Waals surface area contributed by atoms with E-state index in [1.807, 2.05) is 0 Å². The van der Waals surface area contributed by atoms with Gasteiger partial charge in [-0.2, -0.15) is 0 Å². The Kier molecular flexibility index (Phi) is 5.27. The first-order chi connectivity index (χ1) is 10.5. The van der Waals surface area contributed by atoms with E-state index in [9.17, 15) is 14.0 Å². The molecule has 0 bridgehead atoms. The summed E-state index contributed by atoms with van der Waals surface area (Å²) in [5, 5.41) is 2.38. The molecule has 22 heavy (non-hydrogen) atoms. The summed E-state index contributed by atoms with van der Waals surface area (Å²) in [7, 11) is 0. The van der Waals surface area contributed by atoms with Crippen LogP contribution in [0.3, 0.4) is 0 Å². The molecule has 0 aliphatic heterocycles. The van der Waals surface area contributed by atoms with Crippen LogP contribution in [0.2, 0.25) is 0 Å². The van der Waals surface area contributed by atoms with E-state index < -0.39 is 23.8 Å². The number of esters is 1. The molecule has 6 heteroatoms. The third kappa shape index (κ3) is 4.14. The summed E-state index contributed by atoms with van der Waals surface area (Å²) < 4.78 is 19.3. The van der Waals surface area contributed by atoms with Crippen LogP contribution in [0.1, 0.15) is 17.3 Å². The van der Waals surface area contributed by atoms with Crippen LogP contribution in [0.4, 0.5) is 10.1 Å². The summed E-state index contributed by atoms with van der Waals surface area (Å²) in [6.07, 6.45) is -1.05. The number of hydrogen-bond acceptors (Lipinski definition) is 3. The van der Waals surface area contributed by atoms with Gasteiger partial charge < -0.3 is 10.1 Å². The lowest BCUT2D eigenvalue weighted by molar-refractivity contribution is -0.123. The number of anilines is 1. The minimum atomic E-state index is -1.05. The van der Waals surface area contributed by atoms with Crippen molar-refractivity contribution in [3.8, 4) is 0 Å². The number of carbonyl (C=O) groups is 2. The molecule has 0 aromatic heterocycles. The number of rotatable bonds is 4. The molecule has 2 aromatic rings. The van der Waals surface area contributed by atoms with Crippen molar-refractivity contribution in [3.05, 3.63) is 64.4 Å². The Balaban J connectivity index is 1.98. The maximum Gasteiger partial charge on any atom is 0.338 e. The van der Waals surface area contributed by atoms with Crippen LogP contribution < -0.4 is 5.32 Å². The fourth-order valence-corrected chi connectivity index (χ4v) is 1.93. The van der Waals surface area contributed by atoms with E-state index in [2.05, 4.69) is 21.2 Å². The van der Waals surface area contributed by atoms with Gasteiger partial charge in [-0.05, 0) is 43.3 Å². The maximum atomic E-state index is 13.5. The molecule has 0 heterocycles. The molecule has 1 amide bonds. The molecule has 0 fully saturated rings. The fraction of sp³-hybridized carbons (Fsp3) is 0.125. The van der Waals surface area contributed by atoms with Crippen molar-refractivity contribution < 1.29 is 18.7 Å². The Bertz CT molecular complexity index is 688. The Morgan fingerprint density at radius 3 is 2.41 bits per heavy atom. The topological polar surface area (TPSA) is 55.4 Å². The van der Waals surface area contributed by atoms with Crippen LogP contribution in [-0.4, -0.2) is 18.0 Å². The molecule has 0 saturated heterocycles. The summed E-state index contributed by atoms with van der Waals surface area (Å²) >= 11 is 3.26. The molecule has 114 valence electrons. The highest BCUT2D eigenvalue weighted by Crippen LogP contribution is 2.14. The number of ether oxygens (including phenoxy) is 1. The van der Waals surface area contributed by atoms with Gasteiger partial charge in [0.25, 0.3) is 5.91 Å². The van der Waals surface area contributed by atoms with E-state index in [-0.39, 0.29) is 5.69 Å². The normalized spacial score (nSPS) is 11.6. The fourth-order valence-electron chi connectivity index (χ4n) is 1.67. The van der Waals surface area contributed by atoms with Gasteiger partial charge in [-0.25, -0.2) is 9.18 Å². The largest absolute Gasteiger partial charge is 0.449 e. The summed E-state index contributed by atoms with van der Waals surface area (Å²) in [4.78, 5) is 23.8. The lowest BCUT2D eigenvalue weighted by Gasteiger charge is -2.14. The minimum Gasteiger partial charge on any atom is -0.449 e. The molecule has 0 saturated carbocycles. The second-order valence-electron chi connectivity index (χ2n) is 4.52. The highest BCUT2D eigenvalue weighted by Gasteiger charge is 2.19. The second-order valence-corrected chi connectivity index (χ2v) is 5.44. The molecule has 0 aliphatic carbocycles. The highest BCUT2D eigenvalue weighted by molar-refractivity contribution is 9.10. The van der Waals surface area contributed by atoms with Crippen molar-refractivity contribution in [1.29, 1.82) is 0 Å². The number of nitrogens with one attached hydrogen (secondary N) is 1. The van der Waals surface area contributed by atoms with Gasteiger partial charge in [-0.15, -0.1) is 0 Å². The first-order valence-electron chi connectivity index (χ1n) is 6.49. The number of hydrogen-bond donors (Lipinski definition) is 1. The molecule has 1 atom stereocenters. The third-order valence-electron chi connectivity index (χ3n) is 2.86. The Labute approximate surface area is 135 Å². The van der Waals surface area contributed by atoms with Crippen LogP contribution >= 0.6 is 15.9 Å². The number of para-hydroxylation sites is 1.